The van der Waals surface area contributed by atoms with Crippen LogP contribution in [0.4, 0.5) is 4.79 Å². The molecule has 5 atom stereocenters. The second-order valence-electron chi connectivity index (χ2n) is 12.5. The van der Waals surface area contributed by atoms with Gasteiger partial charge in [0.2, 0.25) is 11.8 Å². The molecule has 2 fully saturated rings. The number of allylic oxidation sites excluding steroid dienone is 1. The second kappa shape index (κ2) is 11.8. The van der Waals surface area contributed by atoms with Crippen molar-refractivity contribution in [3.63, 3.8) is 0 Å². The van der Waals surface area contributed by atoms with Crippen molar-refractivity contribution in [3.05, 3.63) is 29.5 Å². The van der Waals surface area contributed by atoms with E-state index in [0.717, 1.165) is 31.3 Å². The zero-order chi connectivity index (χ0) is 30.2. The zero-order valence-electron chi connectivity index (χ0n) is 25.1. The van der Waals surface area contributed by atoms with Crippen molar-refractivity contribution >= 4 is 35.1 Å². The van der Waals surface area contributed by atoms with Crippen LogP contribution >= 0.6 is 0 Å². The molecule has 42 heavy (non-hydrogen) atoms. The molecule has 0 unspecified atom stereocenters. The van der Waals surface area contributed by atoms with Gasteiger partial charge in [-0.05, 0) is 62.1 Å². The number of fused-ring (bicyclic) bond motifs is 5. The molecule has 11 heteroatoms. The van der Waals surface area contributed by atoms with Gasteiger partial charge in [0.25, 0.3) is 0 Å². The number of carbonyl (C=O) groups excluding carboxylic acids is 3. The van der Waals surface area contributed by atoms with Gasteiger partial charge in [-0.3, -0.25) is 4.79 Å². The van der Waals surface area contributed by atoms with Crippen LogP contribution < -0.4 is 14.8 Å². The van der Waals surface area contributed by atoms with Crippen molar-refractivity contribution in [2.45, 2.75) is 84.1 Å². The molecular formula is C31H40N4O7. The minimum absolute atomic E-state index is 0.104. The molecule has 1 aliphatic carbocycles. The molecule has 11 nitrogen and oxygen atoms in total. The van der Waals surface area contributed by atoms with Gasteiger partial charge in [0, 0.05) is 12.5 Å². The summed E-state index contributed by atoms with van der Waals surface area (Å²) in [4.78, 5) is 50.8. The van der Waals surface area contributed by atoms with Gasteiger partial charge in [-0.15, -0.1) is 0 Å². The van der Waals surface area contributed by atoms with Crippen molar-refractivity contribution in [3.8, 4) is 11.6 Å². The molecule has 5 rings (SSSR count). The fraction of sp³-hybridized carbons (Fsp3) is 0.581. The van der Waals surface area contributed by atoms with E-state index in [9.17, 15) is 14.4 Å². The minimum Gasteiger partial charge on any atom is -0.497 e. The lowest BCUT2D eigenvalue weighted by molar-refractivity contribution is -0.152. The number of aromatic nitrogens is 2. The highest BCUT2D eigenvalue weighted by atomic mass is 16.6. The van der Waals surface area contributed by atoms with E-state index in [1.807, 2.05) is 45.9 Å². The maximum Gasteiger partial charge on any atom is 0.408 e. The Morgan fingerprint density at radius 2 is 1.88 bits per heavy atom. The van der Waals surface area contributed by atoms with Gasteiger partial charge < -0.3 is 29.2 Å². The lowest BCUT2D eigenvalue weighted by atomic mass is 9.85. The van der Waals surface area contributed by atoms with Crippen LogP contribution in [0, 0.1) is 11.3 Å². The Kier molecular flexibility index (Phi) is 8.30. The third-order valence-corrected chi connectivity index (χ3v) is 8.18. The maximum absolute atomic E-state index is 14.0. The molecule has 2 amide bonds. The molecule has 2 aliphatic heterocycles. The predicted molar refractivity (Wildman–Crippen MR) is 155 cm³/mol. The van der Waals surface area contributed by atoms with E-state index in [0.29, 0.717) is 34.3 Å². The van der Waals surface area contributed by atoms with Gasteiger partial charge >= 0.3 is 12.1 Å². The van der Waals surface area contributed by atoms with Crippen molar-refractivity contribution in [2.24, 2.45) is 11.3 Å². The van der Waals surface area contributed by atoms with E-state index in [2.05, 4.69) is 5.32 Å². The van der Waals surface area contributed by atoms with Crippen molar-refractivity contribution in [1.29, 1.82) is 0 Å². The number of methoxy groups -OCH3 is 2. The highest BCUT2D eigenvalue weighted by Crippen LogP contribution is 2.39. The van der Waals surface area contributed by atoms with Crippen LogP contribution in [0.15, 0.2) is 23.8 Å². The number of ether oxygens (including phenoxy) is 4. The van der Waals surface area contributed by atoms with Crippen LogP contribution in [0.1, 0.15) is 65.5 Å². The molecule has 226 valence electrons. The number of nitrogens with zero attached hydrogens (tertiary/aromatic N) is 3. The molecule has 2 bridgehead atoms. The van der Waals surface area contributed by atoms with E-state index in [1.54, 1.807) is 13.2 Å². The summed E-state index contributed by atoms with van der Waals surface area (Å²) in [5.74, 6) is 0.296. The third-order valence-electron chi connectivity index (χ3n) is 8.18. The Labute approximate surface area is 245 Å². The van der Waals surface area contributed by atoms with Crippen molar-refractivity contribution < 1.29 is 33.3 Å². The smallest absolute Gasteiger partial charge is 0.408 e. The first-order chi connectivity index (χ1) is 20.0. The summed E-state index contributed by atoms with van der Waals surface area (Å²) in [6.45, 7) is 7.73. The van der Waals surface area contributed by atoms with Crippen LogP contribution in [-0.4, -0.2) is 77.9 Å². The van der Waals surface area contributed by atoms with Crippen LogP contribution in [0.3, 0.4) is 0 Å². The zero-order valence-corrected chi connectivity index (χ0v) is 25.1. The molecule has 1 aromatic carbocycles. The average Bonchev–Trinajstić information content (AvgIpc) is 3.53. The number of alkyl carbamates (subject to hydrolysis) is 1. The van der Waals surface area contributed by atoms with Crippen LogP contribution in [-0.2, 0) is 19.1 Å². The summed E-state index contributed by atoms with van der Waals surface area (Å²) in [6, 6.07) is 3.66. The van der Waals surface area contributed by atoms with Crippen molar-refractivity contribution in [1.82, 2.24) is 20.2 Å². The van der Waals surface area contributed by atoms with E-state index in [1.165, 1.54) is 12.0 Å². The number of esters is 1. The van der Waals surface area contributed by atoms with Crippen LogP contribution in [0.5, 0.6) is 11.6 Å². The molecule has 0 spiro atoms. The number of nitrogens with one attached hydrogen (secondary N) is 1. The maximum atomic E-state index is 14.0. The largest absolute Gasteiger partial charge is 0.497 e. The van der Waals surface area contributed by atoms with E-state index in [-0.39, 0.29) is 19.1 Å². The first-order valence-electron chi connectivity index (χ1n) is 14.5. The SMILES string of the molecule is COC(=O)[C@@H]1C[C@@H]2CN1C(=O)[C@H](C(C)(C)C)NC(=O)O[C@@H]1C[C@H]1CCC/C(C)=C\c1nc3ccc(OC)cc3nc1O2. The molecule has 2 aromatic rings. The number of carbonyl (C=O) groups is 3. The molecule has 0 radical (unpaired) electrons. The molecular weight excluding hydrogens is 540 g/mol. The Hall–Kier alpha value is -3.89. The summed E-state index contributed by atoms with van der Waals surface area (Å²) in [6.07, 6.45) is 4.34. The number of amides is 2. The monoisotopic (exact) mass is 580 g/mol. The minimum atomic E-state index is -0.930. The highest BCUT2D eigenvalue weighted by Gasteiger charge is 2.47. The summed E-state index contributed by atoms with van der Waals surface area (Å²) in [7, 11) is 2.88. The van der Waals surface area contributed by atoms with E-state index >= 15 is 0 Å². The fourth-order valence-electron chi connectivity index (χ4n) is 5.70. The quantitative estimate of drug-likeness (QED) is 0.518. The van der Waals surface area contributed by atoms with Crippen LogP contribution in [0.25, 0.3) is 17.1 Å². The standard InChI is InChI=1S/C31H40N4O7/c1-17-8-7-9-18-13-25(18)42-30(38)34-26(31(2,3)4)28(36)35-16-20(15-24(35)29(37)40-6)41-27-23(12-17)32-21-11-10-19(39-5)14-22(21)33-27/h10-12,14,18,20,24-26H,7-9,13,15-16H2,1-6H3,(H,34,38)/b17-12-/t18-,20-,24+,25-,26-/m1/s1. The first kappa shape index (κ1) is 29.6. The van der Waals surface area contributed by atoms with Gasteiger partial charge in [-0.1, -0.05) is 26.3 Å². The summed E-state index contributed by atoms with van der Waals surface area (Å²) in [5, 5.41) is 2.79. The molecule has 1 saturated heterocycles. The number of benzene rings is 1. The normalized spacial score (nSPS) is 28.1. The van der Waals surface area contributed by atoms with Gasteiger partial charge in [0.15, 0.2) is 0 Å². The fourth-order valence-corrected chi connectivity index (χ4v) is 5.70. The summed E-state index contributed by atoms with van der Waals surface area (Å²) >= 11 is 0. The number of rotatable bonds is 2. The Bertz CT molecular complexity index is 1400. The molecule has 1 saturated carbocycles. The molecule has 1 N–H and O–H groups in total. The van der Waals surface area contributed by atoms with Crippen LogP contribution in [0.2, 0.25) is 0 Å². The Morgan fingerprint density at radius 1 is 1.10 bits per heavy atom. The Balaban J connectivity index is 1.54. The molecule has 3 heterocycles. The van der Waals surface area contributed by atoms with Gasteiger partial charge in [0.05, 0.1) is 31.8 Å². The lowest BCUT2D eigenvalue weighted by Crippen LogP contribution is -2.57. The van der Waals surface area contributed by atoms with E-state index < -0.39 is 41.6 Å². The van der Waals surface area contributed by atoms with Crippen molar-refractivity contribution in [2.75, 3.05) is 20.8 Å². The second-order valence-corrected chi connectivity index (χ2v) is 12.5. The average molecular weight is 581 g/mol. The molecule has 1 aromatic heterocycles. The predicted octanol–water partition coefficient (Wildman–Crippen LogP) is 4.28. The third kappa shape index (κ3) is 6.44. The van der Waals surface area contributed by atoms with Gasteiger partial charge in [0.1, 0.15) is 35.7 Å². The Morgan fingerprint density at radius 3 is 2.60 bits per heavy atom. The van der Waals surface area contributed by atoms with E-state index in [4.69, 9.17) is 28.9 Å². The summed E-state index contributed by atoms with van der Waals surface area (Å²) < 4.78 is 22.5. The molecule has 3 aliphatic rings. The van der Waals surface area contributed by atoms with Gasteiger partial charge in [-0.25, -0.2) is 19.6 Å². The van der Waals surface area contributed by atoms with Gasteiger partial charge in [-0.2, -0.15) is 0 Å². The number of hydrogen-bond donors (Lipinski definition) is 1. The topological polar surface area (TPSA) is 129 Å². The highest BCUT2D eigenvalue weighted by molar-refractivity contribution is 5.91. The lowest BCUT2D eigenvalue weighted by Gasteiger charge is -2.34. The first-order valence-corrected chi connectivity index (χ1v) is 14.5. The summed E-state index contributed by atoms with van der Waals surface area (Å²) in [5.41, 5.74) is 2.34. The number of hydrogen-bond acceptors (Lipinski definition) is 9.